The molecule has 2 unspecified atom stereocenters. The Morgan fingerprint density at radius 2 is 1.85 bits per heavy atom. The Morgan fingerprint density at radius 1 is 1.15 bits per heavy atom. The lowest BCUT2D eigenvalue weighted by Gasteiger charge is -2.56. The van der Waals surface area contributed by atoms with Gasteiger partial charge in [0.25, 0.3) is 0 Å². The zero-order valence-electron chi connectivity index (χ0n) is 8.21. The van der Waals surface area contributed by atoms with Crippen molar-refractivity contribution in [1.29, 1.82) is 0 Å². The molecular weight excluding hydrogens is 160 g/mol. The number of hydrogen-bond donors (Lipinski definition) is 1. The van der Waals surface area contributed by atoms with E-state index < -0.39 is 0 Å². The van der Waals surface area contributed by atoms with Gasteiger partial charge in [0.2, 0.25) is 0 Å². The summed E-state index contributed by atoms with van der Waals surface area (Å²) in [5, 5.41) is 9.11. The van der Waals surface area contributed by atoms with Crippen molar-refractivity contribution < 1.29 is 5.11 Å². The number of aliphatic hydroxyl groups is 1. The van der Waals surface area contributed by atoms with Crippen molar-refractivity contribution in [3.8, 4) is 0 Å². The normalized spacial score (nSPS) is 52.8. The largest absolute Gasteiger partial charge is 0.396 e. The van der Waals surface area contributed by atoms with Crippen LogP contribution in [-0.2, 0) is 0 Å². The smallest absolute Gasteiger partial charge is 0.0436 e. The monoisotopic (exact) mass is 179 g/mol. The molecule has 2 atom stereocenters. The average Bonchev–Trinajstić information content (AvgIpc) is 2.00. The molecule has 0 spiro atoms. The standard InChI is InChI=1S/C12H19O/c13-2-1-12-6-9-3-10(7-12)5-11(4-9)8-12/h6,9-11,13H,1-5,7-8H2. The molecule has 4 aliphatic rings. The molecule has 0 aliphatic heterocycles. The molecule has 0 aromatic rings. The highest BCUT2D eigenvalue weighted by molar-refractivity contribution is 5.10. The lowest BCUT2D eigenvalue weighted by molar-refractivity contribution is -0.0160. The van der Waals surface area contributed by atoms with Gasteiger partial charge in [-0.1, -0.05) is 0 Å². The van der Waals surface area contributed by atoms with Crippen LogP contribution < -0.4 is 0 Å². The summed E-state index contributed by atoms with van der Waals surface area (Å²) in [7, 11) is 0. The van der Waals surface area contributed by atoms with E-state index in [-0.39, 0.29) is 0 Å². The van der Waals surface area contributed by atoms with E-state index in [9.17, 15) is 0 Å². The zero-order chi connectivity index (χ0) is 8.89. The van der Waals surface area contributed by atoms with E-state index >= 15 is 0 Å². The summed E-state index contributed by atoms with van der Waals surface area (Å²) >= 11 is 0. The van der Waals surface area contributed by atoms with Gasteiger partial charge in [0.1, 0.15) is 0 Å². The van der Waals surface area contributed by atoms with Gasteiger partial charge in [0, 0.05) is 6.61 Å². The van der Waals surface area contributed by atoms with Crippen LogP contribution in [0.4, 0.5) is 0 Å². The first-order valence-electron chi connectivity index (χ1n) is 5.76. The Labute approximate surface area is 80.5 Å². The second-order valence-electron chi connectivity index (χ2n) is 5.61. The van der Waals surface area contributed by atoms with Gasteiger partial charge >= 0.3 is 0 Å². The van der Waals surface area contributed by atoms with Crippen LogP contribution >= 0.6 is 0 Å². The van der Waals surface area contributed by atoms with Gasteiger partial charge in [0.05, 0.1) is 0 Å². The molecule has 0 heterocycles. The molecule has 73 valence electrons. The van der Waals surface area contributed by atoms with E-state index in [2.05, 4.69) is 6.42 Å². The third-order valence-corrected chi connectivity index (χ3v) is 4.53. The lowest BCUT2D eigenvalue weighted by Crippen LogP contribution is -2.46. The van der Waals surface area contributed by atoms with Gasteiger partial charge in [-0.15, -0.1) is 0 Å². The first-order valence-corrected chi connectivity index (χ1v) is 5.76. The summed E-state index contributed by atoms with van der Waals surface area (Å²) in [5.41, 5.74) is 0.476. The summed E-state index contributed by atoms with van der Waals surface area (Å²) in [6.07, 6.45) is 10.8. The van der Waals surface area contributed by atoms with Crippen LogP contribution in [0.25, 0.3) is 0 Å². The molecule has 0 aromatic heterocycles. The van der Waals surface area contributed by atoms with Gasteiger partial charge in [0.15, 0.2) is 0 Å². The van der Waals surface area contributed by atoms with Gasteiger partial charge in [-0.25, -0.2) is 0 Å². The van der Waals surface area contributed by atoms with Crippen molar-refractivity contribution in [2.75, 3.05) is 6.61 Å². The Hall–Kier alpha value is -0.0400. The molecule has 1 nitrogen and oxygen atoms in total. The first kappa shape index (κ1) is 8.28. The first-order chi connectivity index (χ1) is 6.30. The Balaban J connectivity index is 1.83. The molecule has 1 radical (unpaired) electrons. The lowest BCUT2D eigenvalue weighted by atomic mass is 9.49. The van der Waals surface area contributed by atoms with Gasteiger partial charge in [-0.3, -0.25) is 0 Å². The molecular formula is C12H19O. The van der Waals surface area contributed by atoms with Crippen molar-refractivity contribution in [2.24, 2.45) is 23.2 Å². The van der Waals surface area contributed by atoms with Gasteiger partial charge in [-0.05, 0) is 68.1 Å². The predicted molar refractivity (Wildman–Crippen MR) is 52.0 cm³/mol. The average molecular weight is 179 g/mol. The molecule has 1 N–H and O–H groups in total. The Kier molecular flexibility index (Phi) is 1.74. The van der Waals surface area contributed by atoms with Crippen LogP contribution in [0.2, 0.25) is 0 Å². The van der Waals surface area contributed by atoms with Crippen molar-refractivity contribution in [3.05, 3.63) is 6.42 Å². The number of hydrogen-bond acceptors (Lipinski definition) is 1. The fraction of sp³-hybridized carbons (Fsp3) is 0.917. The highest BCUT2D eigenvalue weighted by Crippen LogP contribution is 2.60. The molecule has 0 saturated heterocycles. The maximum atomic E-state index is 9.11. The van der Waals surface area contributed by atoms with Crippen molar-refractivity contribution in [3.63, 3.8) is 0 Å². The summed E-state index contributed by atoms with van der Waals surface area (Å²) < 4.78 is 0. The van der Waals surface area contributed by atoms with E-state index in [0.29, 0.717) is 12.0 Å². The van der Waals surface area contributed by atoms with Gasteiger partial charge in [-0.2, -0.15) is 0 Å². The maximum Gasteiger partial charge on any atom is 0.0436 e. The predicted octanol–water partition coefficient (Wildman–Crippen LogP) is 2.40. The van der Waals surface area contributed by atoms with E-state index in [1.54, 1.807) is 0 Å². The topological polar surface area (TPSA) is 20.2 Å². The zero-order valence-corrected chi connectivity index (χ0v) is 8.21. The number of aliphatic hydroxyl groups excluding tert-OH is 1. The molecule has 4 rings (SSSR count). The SMILES string of the molecule is OCCC12[CH]C3CC(CC(C3)C1)C2. The second-order valence-corrected chi connectivity index (χ2v) is 5.61. The molecule has 0 amide bonds. The van der Waals surface area contributed by atoms with Gasteiger partial charge < -0.3 is 5.11 Å². The van der Waals surface area contributed by atoms with Crippen LogP contribution in [0.15, 0.2) is 0 Å². The van der Waals surface area contributed by atoms with E-state index in [0.717, 1.165) is 24.2 Å². The summed E-state index contributed by atoms with van der Waals surface area (Å²) in [6, 6.07) is 0. The minimum Gasteiger partial charge on any atom is -0.396 e. The van der Waals surface area contributed by atoms with E-state index in [1.165, 1.54) is 32.1 Å². The summed E-state index contributed by atoms with van der Waals surface area (Å²) in [5.74, 6) is 2.93. The van der Waals surface area contributed by atoms with Crippen molar-refractivity contribution in [2.45, 2.75) is 38.5 Å². The molecule has 4 aliphatic carbocycles. The Morgan fingerprint density at radius 3 is 2.38 bits per heavy atom. The molecule has 4 fully saturated rings. The highest BCUT2D eigenvalue weighted by Gasteiger charge is 2.50. The summed E-state index contributed by atoms with van der Waals surface area (Å²) in [6.45, 7) is 0.392. The van der Waals surface area contributed by atoms with Crippen molar-refractivity contribution >= 4 is 0 Å². The molecule has 0 aromatic carbocycles. The molecule has 1 heteroatoms. The van der Waals surface area contributed by atoms with Crippen molar-refractivity contribution in [1.82, 2.24) is 0 Å². The Bertz CT molecular complexity index is 174. The van der Waals surface area contributed by atoms with Crippen LogP contribution in [0.5, 0.6) is 0 Å². The van der Waals surface area contributed by atoms with Crippen LogP contribution in [0.3, 0.4) is 0 Å². The minimum atomic E-state index is 0.392. The fourth-order valence-electron chi connectivity index (χ4n) is 4.47. The third kappa shape index (κ3) is 1.24. The quantitative estimate of drug-likeness (QED) is 0.690. The second kappa shape index (κ2) is 2.73. The third-order valence-electron chi connectivity index (χ3n) is 4.53. The molecule has 13 heavy (non-hydrogen) atoms. The van der Waals surface area contributed by atoms with Crippen LogP contribution in [0.1, 0.15) is 38.5 Å². The number of rotatable bonds is 2. The van der Waals surface area contributed by atoms with Crippen LogP contribution in [-0.4, -0.2) is 11.7 Å². The van der Waals surface area contributed by atoms with E-state index in [4.69, 9.17) is 5.11 Å². The fourth-order valence-corrected chi connectivity index (χ4v) is 4.47. The molecule has 4 bridgehead atoms. The van der Waals surface area contributed by atoms with E-state index in [1.807, 2.05) is 0 Å². The highest BCUT2D eigenvalue weighted by atomic mass is 16.3. The molecule has 4 saturated carbocycles. The van der Waals surface area contributed by atoms with Crippen LogP contribution in [0, 0.1) is 29.6 Å². The maximum absolute atomic E-state index is 9.11. The minimum absolute atomic E-state index is 0.392. The summed E-state index contributed by atoms with van der Waals surface area (Å²) in [4.78, 5) is 0.